The van der Waals surface area contributed by atoms with Gasteiger partial charge in [0.1, 0.15) is 22.8 Å². The van der Waals surface area contributed by atoms with Gasteiger partial charge in [-0.15, -0.1) is 0 Å². The van der Waals surface area contributed by atoms with Crippen LogP contribution in [-0.4, -0.2) is 33.9 Å². The fourth-order valence-electron chi connectivity index (χ4n) is 4.39. The molecule has 0 aliphatic carbocycles. The number of aromatic hydroxyl groups is 1. The summed E-state index contributed by atoms with van der Waals surface area (Å²) >= 11 is 0. The number of aromatic nitrogens is 1. The number of rotatable bonds is 1. The van der Waals surface area contributed by atoms with Crippen molar-refractivity contribution in [3.05, 3.63) is 58.9 Å². The van der Waals surface area contributed by atoms with Gasteiger partial charge >= 0.3 is 11.9 Å². The lowest BCUT2D eigenvalue weighted by Gasteiger charge is -2.27. The molecule has 0 bridgehead atoms. The second kappa shape index (κ2) is 9.98. The van der Waals surface area contributed by atoms with Gasteiger partial charge in [-0.3, -0.25) is 14.6 Å². The number of esters is 2. The van der Waals surface area contributed by atoms with E-state index in [4.69, 9.17) is 9.47 Å². The fraction of sp³-hybridized carbons (Fsp3) is 0.385. The van der Waals surface area contributed by atoms with Crippen molar-refractivity contribution in [1.29, 1.82) is 0 Å². The van der Waals surface area contributed by atoms with Gasteiger partial charge in [-0.2, -0.15) is 0 Å². The number of ketones is 1. The van der Waals surface area contributed by atoms with Crippen LogP contribution >= 0.6 is 0 Å². The second-order valence-corrected chi connectivity index (χ2v) is 8.56. The fourth-order valence-corrected chi connectivity index (χ4v) is 4.39. The Morgan fingerprint density at radius 3 is 2.76 bits per heavy atom. The van der Waals surface area contributed by atoms with E-state index in [1.807, 2.05) is 12.1 Å². The highest BCUT2D eigenvalue weighted by Gasteiger charge is 2.35. The Morgan fingerprint density at radius 1 is 1.15 bits per heavy atom. The van der Waals surface area contributed by atoms with Crippen LogP contribution in [0.25, 0.3) is 6.08 Å². The zero-order valence-corrected chi connectivity index (χ0v) is 18.6. The number of benzene rings is 1. The summed E-state index contributed by atoms with van der Waals surface area (Å²) in [6.07, 6.45) is 9.98. The van der Waals surface area contributed by atoms with E-state index in [9.17, 15) is 19.5 Å². The van der Waals surface area contributed by atoms with Gasteiger partial charge in [0.05, 0.1) is 12.5 Å². The molecule has 2 aliphatic heterocycles. The molecule has 0 radical (unpaired) electrons. The van der Waals surface area contributed by atoms with Crippen molar-refractivity contribution >= 4 is 23.8 Å². The average molecular weight is 450 g/mol. The predicted molar refractivity (Wildman–Crippen MR) is 121 cm³/mol. The van der Waals surface area contributed by atoms with Crippen LogP contribution in [0.2, 0.25) is 0 Å². The minimum absolute atomic E-state index is 0.0281. The van der Waals surface area contributed by atoms with Gasteiger partial charge < -0.3 is 14.6 Å². The van der Waals surface area contributed by atoms with Crippen molar-refractivity contribution < 1.29 is 29.0 Å². The Kier molecular flexibility index (Phi) is 6.87. The average Bonchev–Trinajstić information content (AvgIpc) is 2.78. The molecule has 4 rings (SSSR count). The normalized spacial score (nSPS) is 22.9. The van der Waals surface area contributed by atoms with Crippen LogP contribution in [0, 0.1) is 0 Å². The summed E-state index contributed by atoms with van der Waals surface area (Å²) in [4.78, 5) is 41.6. The van der Waals surface area contributed by atoms with Gasteiger partial charge in [0, 0.05) is 36.7 Å². The number of hydrogen-bond acceptors (Lipinski definition) is 7. The monoisotopic (exact) mass is 449 g/mol. The van der Waals surface area contributed by atoms with Crippen molar-refractivity contribution in [3.8, 4) is 11.5 Å². The molecule has 0 fully saturated rings. The molecule has 0 saturated carbocycles. The van der Waals surface area contributed by atoms with Gasteiger partial charge in [-0.1, -0.05) is 18.2 Å². The number of fused-ring (bicyclic) bond motifs is 2. The molecule has 7 nitrogen and oxygen atoms in total. The Bertz CT molecular complexity index is 1090. The van der Waals surface area contributed by atoms with Crippen molar-refractivity contribution in [2.75, 3.05) is 0 Å². The third kappa shape index (κ3) is 5.13. The lowest BCUT2D eigenvalue weighted by molar-refractivity contribution is -0.135. The van der Waals surface area contributed by atoms with Crippen LogP contribution in [0.4, 0.5) is 0 Å². The lowest BCUT2D eigenvalue weighted by Crippen LogP contribution is -2.23. The predicted octanol–water partition coefficient (Wildman–Crippen LogP) is 4.71. The molecule has 2 atom stereocenters. The summed E-state index contributed by atoms with van der Waals surface area (Å²) in [6, 6.07) is 5.19. The number of allylic oxidation sites excluding steroid dienone is 1. The molecule has 0 saturated heterocycles. The van der Waals surface area contributed by atoms with Crippen LogP contribution in [0.5, 0.6) is 11.5 Å². The number of pyridine rings is 1. The third-order valence-electron chi connectivity index (χ3n) is 6.06. The van der Waals surface area contributed by atoms with E-state index >= 15 is 0 Å². The van der Waals surface area contributed by atoms with Gasteiger partial charge in [-0.25, -0.2) is 4.79 Å². The summed E-state index contributed by atoms with van der Waals surface area (Å²) in [5, 5.41) is 11.3. The summed E-state index contributed by atoms with van der Waals surface area (Å²) in [5.41, 5.74) is 1.59. The minimum Gasteiger partial charge on any atom is -0.507 e. The molecule has 0 spiro atoms. The first-order valence-electron chi connectivity index (χ1n) is 11.3. The van der Waals surface area contributed by atoms with E-state index in [1.54, 1.807) is 37.5 Å². The number of ether oxygens (including phenoxy) is 2. The van der Waals surface area contributed by atoms with Crippen molar-refractivity contribution in [1.82, 2.24) is 4.98 Å². The van der Waals surface area contributed by atoms with Crippen molar-refractivity contribution in [2.45, 2.75) is 63.9 Å². The van der Waals surface area contributed by atoms with E-state index in [1.165, 1.54) is 0 Å². The molecule has 1 aromatic carbocycles. The van der Waals surface area contributed by atoms with Crippen LogP contribution in [-0.2, 0) is 14.3 Å². The molecule has 1 N–H and O–H groups in total. The standard InChI is InChI=1S/C26H27NO6/c1-16-7-5-11-19(28)10-4-2-3-8-17-13-21-24(25(30)23(17)26(31)32-16)20(14-22(29)33-21)18-9-6-12-27-15-18/h3,6,8-9,12-13,15-16,20,30H,2,4-5,7,10-11,14H2,1H3/b8-3+/t16-,20+/m0/s1. The molecule has 7 heteroatoms. The number of Topliss-reactive ketones (excluding diaryl/α,β-unsaturated/α-hetero) is 1. The highest BCUT2D eigenvalue weighted by Crippen LogP contribution is 2.47. The molecule has 33 heavy (non-hydrogen) atoms. The molecule has 2 aromatic rings. The van der Waals surface area contributed by atoms with E-state index in [0.717, 1.165) is 5.56 Å². The molecule has 0 amide bonds. The molecular formula is C26H27NO6. The minimum atomic E-state index is -0.646. The van der Waals surface area contributed by atoms with E-state index in [0.29, 0.717) is 49.7 Å². The maximum Gasteiger partial charge on any atom is 0.342 e. The molecule has 0 unspecified atom stereocenters. The SMILES string of the molecule is C[C@H]1CCCC(=O)CCC/C=C/c2cc3c(c(O)c2C(=O)O1)[C@@H](c1cccnc1)CC(=O)O3. The van der Waals surface area contributed by atoms with Gasteiger partial charge in [-0.05, 0) is 55.9 Å². The smallest absolute Gasteiger partial charge is 0.342 e. The summed E-state index contributed by atoms with van der Waals surface area (Å²) < 4.78 is 11.1. The quantitative estimate of drug-likeness (QED) is 0.497. The van der Waals surface area contributed by atoms with Gasteiger partial charge in [0.2, 0.25) is 0 Å². The Labute approximate surface area is 192 Å². The third-order valence-corrected chi connectivity index (χ3v) is 6.06. The first-order chi connectivity index (χ1) is 15.9. The van der Waals surface area contributed by atoms with Crippen molar-refractivity contribution in [2.24, 2.45) is 0 Å². The number of hydrogen-bond donors (Lipinski definition) is 1. The Balaban J connectivity index is 1.80. The van der Waals surface area contributed by atoms with E-state index < -0.39 is 24.0 Å². The number of phenols is 1. The number of carbonyl (C=O) groups excluding carboxylic acids is 3. The first kappa shape index (κ1) is 22.7. The highest BCUT2D eigenvalue weighted by atomic mass is 16.5. The molecule has 3 heterocycles. The van der Waals surface area contributed by atoms with E-state index in [2.05, 4.69) is 4.98 Å². The first-order valence-corrected chi connectivity index (χ1v) is 11.3. The highest BCUT2D eigenvalue weighted by molar-refractivity contribution is 5.98. The molecule has 2 aliphatic rings. The van der Waals surface area contributed by atoms with Crippen molar-refractivity contribution in [3.63, 3.8) is 0 Å². The number of cyclic esters (lactones) is 1. The molecule has 172 valence electrons. The zero-order valence-electron chi connectivity index (χ0n) is 18.6. The number of carbonyl (C=O) groups is 3. The summed E-state index contributed by atoms with van der Waals surface area (Å²) in [7, 11) is 0. The van der Waals surface area contributed by atoms with Crippen LogP contribution in [0.15, 0.2) is 36.7 Å². The molecule has 1 aromatic heterocycles. The number of phenolic OH excluding ortho intramolecular Hbond substituents is 1. The topological polar surface area (TPSA) is 103 Å². The summed E-state index contributed by atoms with van der Waals surface area (Å²) in [5.74, 6) is -1.37. The van der Waals surface area contributed by atoms with Crippen LogP contribution in [0.3, 0.4) is 0 Å². The number of nitrogens with zero attached hydrogens (tertiary/aromatic N) is 1. The van der Waals surface area contributed by atoms with Gasteiger partial charge in [0.25, 0.3) is 0 Å². The zero-order chi connectivity index (χ0) is 23.4. The van der Waals surface area contributed by atoms with Crippen LogP contribution in [0.1, 0.15) is 84.8 Å². The molecular weight excluding hydrogens is 422 g/mol. The maximum atomic E-state index is 13.2. The maximum absolute atomic E-state index is 13.2. The second-order valence-electron chi connectivity index (χ2n) is 8.56. The van der Waals surface area contributed by atoms with Gasteiger partial charge in [0.15, 0.2) is 0 Å². The lowest BCUT2D eigenvalue weighted by atomic mass is 9.84. The largest absolute Gasteiger partial charge is 0.507 e. The summed E-state index contributed by atoms with van der Waals surface area (Å²) in [6.45, 7) is 1.78. The Morgan fingerprint density at radius 2 is 1.97 bits per heavy atom. The van der Waals surface area contributed by atoms with Crippen LogP contribution < -0.4 is 4.74 Å². The van der Waals surface area contributed by atoms with E-state index in [-0.39, 0.29) is 29.3 Å². The Hall–Kier alpha value is -3.48.